The molecule has 0 spiro atoms. The first kappa shape index (κ1) is 32.3. The van der Waals surface area contributed by atoms with Crippen LogP contribution in [0, 0.1) is 0 Å². The molecule has 0 bridgehead atoms. The SMILES string of the molecule is CC(C)c1cc(-c2ccccn2)cc(-c2cccc3c2nc(-c2cc(C(C)(C)C)cc(C(C)(C)C)c2O)n3-c2cccc3ccccc23)c1. The Morgan fingerprint density at radius 1 is 0.673 bits per heavy atom. The number of phenolic OH excluding ortho intramolecular Hbond substituents is 1. The van der Waals surface area contributed by atoms with Gasteiger partial charge in [-0.25, -0.2) is 4.98 Å². The van der Waals surface area contributed by atoms with Gasteiger partial charge in [0.25, 0.3) is 0 Å². The van der Waals surface area contributed by atoms with Gasteiger partial charge in [0.15, 0.2) is 0 Å². The van der Waals surface area contributed by atoms with Crippen LogP contribution in [0.4, 0.5) is 0 Å². The Kier molecular flexibility index (Phi) is 7.94. The smallest absolute Gasteiger partial charge is 0.149 e. The van der Waals surface area contributed by atoms with E-state index in [4.69, 9.17) is 9.97 Å². The largest absolute Gasteiger partial charge is 0.507 e. The van der Waals surface area contributed by atoms with Crippen LogP contribution in [0.15, 0.2) is 115 Å². The summed E-state index contributed by atoms with van der Waals surface area (Å²) in [6.07, 6.45) is 1.85. The van der Waals surface area contributed by atoms with Crippen molar-refractivity contribution in [1.29, 1.82) is 0 Å². The molecular formula is C45H45N3O. The summed E-state index contributed by atoms with van der Waals surface area (Å²) in [5.74, 6) is 1.33. The zero-order chi connectivity index (χ0) is 34.7. The number of aromatic nitrogens is 3. The van der Waals surface area contributed by atoms with Crippen molar-refractivity contribution in [3.05, 3.63) is 132 Å². The summed E-state index contributed by atoms with van der Waals surface area (Å²) in [5, 5.41) is 14.4. The maximum Gasteiger partial charge on any atom is 0.149 e. The summed E-state index contributed by atoms with van der Waals surface area (Å²) in [6, 6.07) is 38.5. The van der Waals surface area contributed by atoms with Crippen molar-refractivity contribution in [2.24, 2.45) is 0 Å². The van der Waals surface area contributed by atoms with Crippen LogP contribution in [0.2, 0.25) is 0 Å². The highest BCUT2D eigenvalue weighted by molar-refractivity contribution is 5.99. The number of pyridine rings is 1. The number of hydrogen-bond donors (Lipinski definition) is 1. The van der Waals surface area contributed by atoms with E-state index < -0.39 is 0 Å². The molecule has 2 aromatic heterocycles. The van der Waals surface area contributed by atoms with Crippen molar-refractivity contribution < 1.29 is 5.11 Å². The Bertz CT molecular complexity index is 2330. The van der Waals surface area contributed by atoms with Gasteiger partial charge in [0.05, 0.1) is 28.0 Å². The Balaban J connectivity index is 1.60. The van der Waals surface area contributed by atoms with Gasteiger partial charge in [0.1, 0.15) is 11.6 Å². The van der Waals surface area contributed by atoms with Crippen molar-refractivity contribution in [3.8, 4) is 45.2 Å². The summed E-state index contributed by atoms with van der Waals surface area (Å²) < 4.78 is 2.25. The molecule has 4 heteroatoms. The molecular weight excluding hydrogens is 599 g/mol. The Morgan fingerprint density at radius 3 is 2.10 bits per heavy atom. The van der Waals surface area contributed by atoms with Crippen molar-refractivity contribution in [3.63, 3.8) is 0 Å². The van der Waals surface area contributed by atoms with Crippen LogP contribution in [0.5, 0.6) is 5.75 Å². The maximum atomic E-state index is 12.2. The third kappa shape index (κ3) is 5.90. The highest BCUT2D eigenvalue weighted by atomic mass is 16.3. The highest BCUT2D eigenvalue weighted by Gasteiger charge is 2.29. The first-order valence-corrected chi connectivity index (χ1v) is 17.3. The number of phenols is 1. The van der Waals surface area contributed by atoms with Crippen LogP contribution in [0.3, 0.4) is 0 Å². The van der Waals surface area contributed by atoms with Crippen LogP contribution in [0.1, 0.15) is 78.0 Å². The third-order valence-electron chi connectivity index (χ3n) is 9.61. The van der Waals surface area contributed by atoms with Gasteiger partial charge in [-0.1, -0.05) is 122 Å². The van der Waals surface area contributed by atoms with Gasteiger partial charge in [-0.05, 0) is 81.3 Å². The van der Waals surface area contributed by atoms with Crippen LogP contribution >= 0.6 is 0 Å². The van der Waals surface area contributed by atoms with Gasteiger partial charge >= 0.3 is 0 Å². The fourth-order valence-corrected chi connectivity index (χ4v) is 6.79. The molecule has 5 aromatic carbocycles. The summed E-state index contributed by atoms with van der Waals surface area (Å²) >= 11 is 0. The van der Waals surface area contributed by atoms with Crippen molar-refractivity contribution in [1.82, 2.24) is 14.5 Å². The van der Waals surface area contributed by atoms with E-state index in [9.17, 15) is 5.11 Å². The fraction of sp³-hybridized carbons (Fsp3) is 0.244. The molecule has 2 heterocycles. The fourth-order valence-electron chi connectivity index (χ4n) is 6.79. The number of aromatic hydroxyl groups is 1. The molecule has 0 saturated heterocycles. The zero-order valence-corrected chi connectivity index (χ0v) is 29.8. The van der Waals surface area contributed by atoms with Gasteiger partial charge in [-0.2, -0.15) is 0 Å². The maximum absolute atomic E-state index is 12.2. The van der Waals surface area contributed by atoms with Crippen LogP contribution in [-0.4, -0.2) is 19.6 Å². The van der Waals surface area contributed by atoms with Crippen molar-refractivity contribution in [2.75, 3.05) is 0 Å². The molecule has 0 aliphatic carbocycles. The Labute approximate surface area is 290 Å². The summed E-state index contributed by atoms with van der Waals surface area (Å²) in [4.78, 5) is 10.2. The van der Waals surface area contributed by atoms with E-state index in [0.717, 1.165) is 72.4 Å². The predicted octanol–water partition coefficient (Wildman–Crippen LogP) is 12.0. The first-order chi connectivity index (χ1) is 23.3. The van der Waals surface area contributed by atoms with E-state index in [2.05, 4.69) is 157 Å². The van der Waals surface area contributed by atoms with E-state index in [-0.39, 0.29) is 16.6 Å². The highest BCUT2D eigenvalue weighted by Crippen LogP contribution is 2.45. The van der Waals surface area contributed by atoms with Gasteiger partial charge < -0.3 is 5.11 Å². The lowest BCUT2D eigenvalue weighted by atomic mass is 9.79. The van der Waals surface area contributed by atoms with E-state index in [1.165, 1.54) is 5.56 Å². The normalized spacial score (nSPS) is 12.3. The second-order valence-corrected chi connectivity index (χ2v) is 15.6. The van der Waals surface area contributed by atoms with Crippen molar-refractivity contribution >= 4 is 21.8 Å². The lowest BCUT2D eigenvalue weighted by Gasteiger charge is -2.27. The average molecular weight is 644 g/mol. The second kappa shape index (κ2) is 12.0. The minimum atomic E-state index is -0.277. The first-order valence-electron chi connectivity index (χ1n) is 17.3. The number of benzene rings is 5. The van der Waals surface area contributed by atoms with Gasteiger partial charge in [-0.15, -0.1) is 0 Å². The molecule has 0 fully saturated rings. The molecule has 49 heavy (non-hydrogen) atoms. The number of para-hydroxylation sites is 1. The molecule has 0 saturated carbocycles. The minimum absolute atomic E-state index is 0.136. The molecule has 0 radical (unpaired) electrons. The number of rotatable bonds is 5. The monoisotopic (exact) mass is 643 g/mol. The van der Waals surface area contributed by atoms with Crippen molar-refractivity contribution in [2.45, 2.75) is 72.1 Å². The van der Waals surface area contributed by atoms with Crippen LogP contribution < -0.4 is 0 Å². The lowest BCUT2D eigenvalue weighted by molar-refractivity contribution is 0.446. The molecule has 1 N–H and O–H groups in total. The standard InChI is InChI=1S/C45H45N3O/c1-28(2)30-23-31(25-32(24-30)38-19-11-12-22-46-38)35-18-14-21-40-41(35)47-43(48(40)39-20-13-16-29-15-9-10-17-34(29)39)36-26-33(44(3,4)5)27-37(42(36)49)45(6,7)8/h9-28,49H,1-8H3. The van der Waals surface area contributed by atoms with E-state index in [0.29, 0.717) is 5.92 Å². The van der Waals surface area contributed by atoms with Crippen LogP contribution in [0.25, 0.3) is 61.3 Å². The predicted molar refractivity (Wildman–Crippen MR) is 206 cm³/mol. The molecule has 0 aliphatic rings. The van der Waals surface area contributed by atoms with E-state index in [1.807, 2.05) is 18.3 Å². The molecule has 0 amide bonds. The van der Waals surface area contributed by atoms with Gasteiger partial charge in [-0.3, -0.25) is 9.55 Å². The topological polar surface area (TPSA) is 50.9 Å². The molecule has 0 atom stereocenters. The quantitative estimate of drug-likeness (QED) is 0.203. The summed E-state index contributed by atoms with van der Waals surface area (Å²) in [5.41, 5.74) is 10.7. The third-order valence-corrected chi connectivity index (χ3v) is 9.61. The van der Waals surface area contributed by atoms with E-state index >= 15 is 0 Å². The molecule has 4 nitrogen and oxygen atoms in total. The lowest BCUT2D eigenvalue weighted by Crippen LogP contribution is -2.17. The second-order valence-electron chi connectivity index (χ2n) is 15.6. The van der Waals surface area contributed by atoms with Gasteiger partial charge in [0, 0.05) is 28.3 Å². The Morgan fingerprint density at radius 2 is 1.39 bits per heavy atom. The molecule has 246 valence electrons. The molecule has 0 aliphatic heterocycles. The summed E-state index contributed by atoms with van der Waals surface area (Å²) in [7, 11) is 0. The number of imidazole rings is 1. The summed E-state index contributed by atoms with van der Waals surface area (Å²) in [6.45, 7) is 17.6. The van der Waals surface area contributed by atoms with Crippen LogP contribution in [-0.2, 0) is 10.8 Å². The number of nitrogens with zero attached hydrogens (tertiary/aromatic N) is 3. The molecule has 7 aromatic rings. The zero-order valence-electron chi connectivity index (χ0n) is 29.8. The average Bonchev–Trinajstić information content (AvgIpc) is 3.46. The molecule has 7 rings (SSSR count). The Hall–Kier alpha value is -5.22. The minimum Gasteiger partial charge on any atom is -0.507 e. The number of fused-ring (bicyclic) bond motifs is 2. The van der Waals surface area contributed by atoms with Gasteiger partial charge in [0.2, 0.25) is 0 Å². The number of hydrogen-bond acceptors (Lipinski definition) is 3. The molecule has 0 unspecified atom stereocenters. The van der Waals surface area contributed by atoms with E-state index in [1.54, 1.807) is 0 Å².